The first-order chi connectivity index (χ1) is 13.8. The number of aromatic nitrogens is 1. The lowest BCUT2D eigenvalue weighted by Crippen LogP contribution is -2.34. The van der Waals surface area contributed by atoms with Crippen LogP contribution in [0.4, 0.5) is 11.5 Å². The summed E-state index contributed by atoms with van der Waals surface area (Å²) in [5.74, 6) is 0.537. The van der Waals surface area contributed by atoms with Crippen LogP contribution in [0.25, 0.3) is 0 Å². The molecule has 1 atom stereocenters. The van der Waals surface area contributed by atoms with Gasteiger partial charge in [-0.25, -0.2) is 4.98 Å². The number of nitrogens with zero attached hydrogens (tertiary/aromatic N) is 1. The molecule has 1 aliphatic heterocycles. The van der Waals surface area contributed by atoms with Crippen LogP contribution in [-0.4, -0.2) is 30.0 Å². The van der Waals surface area contributed by atoms with E-state index in [1.807, 2.05) is 45.0 Å². The Morgan fingerprint density at radius 2 is 2.17 bits per heavy atom. The third-order valence-electron chi connectivity index (χ3n) is 5.13. The number of anilines is 2. The normalized spacial score (nSPS) is 16.4. The Morgan fingerprint density at radius 3 is 2.90 bits per heavy atom. The van der Waals surface area contributed by atoms with Gasteiger partial charge in [0, 0.05) is 23.5 Å². The summed E-state index contributed by atoms with van der Waals surface area (Å²) >= 11 is 6.19. The van der Waals surface area contributed by atoms with Gasteiger partial charge in [-0.15, -0.1) is 0 Å². The highest BCUT2D eigenvalue weighted by Crippen LogP contribution is 2.28. The number of benzene rings is 1. The lowest BCUT2D eigenvalue weighted by atomic mass is 9.97. The lowest BCUT2D eigenvalue weighted by molar-refractivity contribution is -0.149. The molecule has 1 aromatic carbocycles. The molecule has 0 bridgehead atoms. The van der Waals surface area contributed by atoms with Crippen LogP contribution >= 0.6 is 11.6 Å². The van der Waals surface area contributed by atoms with Crippen molar-refractivity contribution in [1.29, 1.82) is 0 Å². The molecule has 3 rings (SSSR count). The van der Waals surface area contributed by atoms with Crippen molar-refractivity contribution in [2.75, 3.05) is 18.5 Å². The Morgan fingerprint density at radius 1 is 1.38 bits per heavy atom. The minimum atomic E-state index is -0.202. The SMILES string of the molecule is Cc1c(Cl)cccc1Nc1cc(C(C)C)c(C(=O)NCC2CCOC(=O)C2)cn1. The highest BCUT2D eigenvalue weighted by Gasteiger charge is 2.22. The molecular formula is C22H26ClN3O3. The molecule has 1 saturated heterocycles. The molecule has 29 heavy (non-hydrogen) atoms. The van der Waals surface area contributed by atoms with Crippen LogP contribution in [0.5, 0.6) is 0 Å². The molecule has 2 aromatic rings. The van der Waals surface area contributed by atoms with Gasteiger partial charge >= 0.3 is 5.97 Å². The minimum absolute atomic E-state index is 0.113. The number of ether oxygens (including phenoxy) is 1. The van der Waals surface area contributed by atoms with Crippen LogP contribution in [0.1, 0.15) is 54.1 Å². The predicted molar refractivity (Wildman–Crippen MR) is 114 cm³/mol. The molecule has 0 aliphatic carbocycles. The van der Waals surface area contributed by atoms with Crippen molar-refractivity contribution in [1.82, 2.24) is 10.3 Å². The van der Waals surface area contributed by atoms with E-state index in [-0.39, 0.29) is 23.7 Å². The lowest BCUT2D eigenvalue weighted by Gasteiger charge is -2.22. The van der Waals surface area contributed by atoms with Gasteiger partial charge < -0.3 is 15.4 Å². The van der Waals surface area contributed by atoms with E-state index in [1.54, 1.807) is 6.20 Å². The van der Waals surface area contributed by atoms with Crippen LogP contribution < -0.4 is 10.6 Å². The van der Waals surface area contributed by atoms with E-state index < -0.39 is 0 Å². The summed E-state index contributed by atoms with van der Waals surface area (Å²) in [4.78, 5) is 28.6. The molecule has 1 aliphatic rings. The van der Waals surface area contributed by atoms with Crippen LogP contribution in [0, 0.1) is 12.8 Å². The fraction of sp³-hybridized carbons (Fsp3) is 0.409. The average molecular weight is 416 g/mol. The molecule has 0 saturated carbocycles. The number of carbonyl (C=O) groups excluding carboxylic acids is 2. The van der Waals surface area contributed by atoms with Gasteiger partial charge in [0.1, 0.15) is 5.82 Å². The first-order valence-corrected chi connectivity index (χ1v) is 10.2. The molecule has 1 amide bonds. The van der Waals surface area contributed by atoms with Gasteiger partial charge in [-0.05, 0) is 54.5 Å². The van der Waals surface area contributed by atoms with Crippen LogP contribution in [0.15, 0.2) is 30.5 Å². The molecule has 0 radical (unpaired) electrons. The second-order valence-electron chi connectivity index (χ2n) is 7.64. The molecule has 1 unspecified atom stereocenters. The molecule has 2 N–H and O–H groups in total. The van der Waals surface area contributed by atoms with E-state index in [1.165, 1.54) is 0 Å². The highest BCUT2D eigenvalue weighted by molar-refractivity contribution is 6.31. The van der Waals surface area contributed by atoms with Crippen LogP contribution in [0.2, 0.25) is 5.02 Å². The van der Waals surface area contributed by atoms with E-state index in [2.05, 4.69) is 15.6 Å². The number of hydrogen-bond acceptors (Lipinski definition) is 5. The van der Waals surface area contributed by atoms with E-state index >= 15 is 0 Å². The average Bonchev–Trinajstić information content (AvgIpc) is 2.69. The largest absolute Gasteiger partial charge is 0.466 e. The van der Waals surface area contributed by atoms with Gasteiger partial charge in [-0.3, -0.25) is 9.59 Å². The van der Waals surface area contributed by atoms with Crippen molar-refractivity contribution < 1.29 is 14.3 Å². The zero-order valence-electron chi connectivity index (χ0n) is 16.9. The molecule has 7 heteroatoms. The zero-order chi connectivity index (χ0) is 21.0. The molecule has 2 heterocycles. The van der Waals surface area contributed by atoms with E-state index in [0.29, 0.717) is 36.0 Å². The highest BCUT2D eigenvalue weighted by atomic mass is 35.5. The number of hydrogen-bond donors (Lipinski definition) is 2. The van der Waals surface area contributed by atoms with Crippen molar-refractivity contribution >= 4 is 35.0 Å². The van der Waals surface area contributed by atoms with E-state index in [0.717, 1.165) is 23.2 Å². The molecule has 0 spiro atoms. The van der Waals surface area contributed by atoms with Gasteiger partial charge in [0.15, 0.2) is 0 Å². The summed E-state index contributed by atoms with van der Waals surface area (Å²) in [6, 6.07) is 7.56. The molecule has 1 aromatic heterocycles. The van der Waals surface area contributed by atoms with Crippen molar-refractivity contribution in [2.45, 2.75) is 39.5 Å². The third-order valence-corrected chi connectivity index (χ3v) is 5.54. The monoisotopic (exact) mass is 415 g/mol. The Kier molecular flexibility index (Phi) is 6.75. The second-order valence-corrected chi connectivity index (χ2v) is 8.05. The number of cyclic esters (lactones) is 1. The quantitative estimate of drug-likeness (QED) is 0.674. The maximum atomic E-state index is 12.8. The minimum Gasteiger partial charge on any atom is -0.466 e. The summed E-state index contributed by atoms with van der Waals surface area (Å²) in [5.41, 5.74) is 3.27. The fourth-order valence-corrected chi connectivity index (χ4v) is 3.50. The number of pyridine rings is 1. The van der Waals surface area contributed by atoms with Gasteiger partial charge in [0.05, 0.1) is 18.6 Å². The predicted octanol–water partition coefficient (Wildman–Crippen LogP) is 4.59. The molecule has 1 fully saturated rings. The standard InChI is InChI=1S/C22H26ClN3O3/c1-13(2)16-10-20(26-19-6-4-5-18(23)14(19)3)24-12-17(16)22(28)25-11-15-7-8-29-21(27)9-15/h4-6,10,12-13,15H,7-9,11H2,1-3H3,(H,24,26)(H,25,28). The van der Waals surface area contributed by atoms with Crippen molar-refractivity contribution in [3.05, 3.63) is 52.2 Å². The summed E-state index contributed by atoms with van der Waals surface area (Å²) in [5, 5.41) is 6.91. The van der Waals surface area contributed by atoms with Gasteiger partial charge in [0.2, 0.25) is 0 Å². The number of amides is 1. The first-order valence-electron chi connectivity index (χ1n) is 9.81. The second kappa shape index (κ2) is 9.27. The number of esters is 1. The molecular weight excluding hydrogens is 390 g/mol. The third kappa shape index (κ3) is 5.26. The summed E-state index contributed by atoms with van der Waals surface area (Å²) < 4.78 is 4.95. The number of rotatable bonds is 6. The Bertz CT molecular complexity index is 914. The Balaban J connectivity index is 1.74. The Labute approximate surface area is 176 Å². The number of nitrogens with one attached hydrogen (secondary N) is 2. The maximum Gasteiger partial charge on any atom is 0.306 e. The Hall–Kier alpha value is -2.60. The summed E-state index contributed by atoms with van der Waals surface area (Å²) in [7, 11) is 0. The topological polar surface area (TPSA) is 80.3 Å². The van der Waals surface area contributed by atoms with Crippen LogP contribution in [-0.2, 0) is 9.53 Å². The molecule has 154 valence electrons. The maximum absolute atomic E-state index is 12.8. The van der Waals surface area contributed by atoms with Gasteiger partial charge in [-0.1, -0.05) is 31.5 Å². The van der Waals surface area contributed by atoms with Crippen molar-refractivity contribution in [3.8, 4) is 0 Å². The van der Waals surface area contributed by atoms with E-state index in [9.17, 15) is 9.59 Å². The zero-order valence-corrected chi connectivity index (χ0v) is 17.7. The molecule has 6 nitrogen and oxygen atoms in total. The smallest absolute Gasteiger partial charge is 0.306 e. The van der Waals surface area contributed by atoms with Crippen molar-refractivity contribution in [2.24, 2.45) is 5.92 Å². The van der Waals surface area contributed by atoms with E-state index in [4.69, 9.17) is 16.3 Å². The van der Waals surface area contributed by atoms with Gasteiger partial charge in [0.25, 0.3) is 5.91 Å². The van der Waals surface area contributed by atoms with Crippen LogP contribution in [0.3, 0.4) is 0 Å². The number of carbonyl (C=O) groups is 2. The first kappa shape index (κ1) is 21.1. The fourth-order valence-electron chi connectivity index (χ4n) is 3.33. The number of halogens is 1. The summed E-state index contributed by atoms with van der Waals surface area (Å²) in [6.45, 7) is 6.89. The van der Waals surface area contributed by atoms with Crippen molar-refractivity contribution in [3.63, 3.8) is 0 Å². The van der Waals surface area contributed by atoms with Gasteiger partial charge in [-0.2, -0.15) is 0 Å². The summed E-state index contributed by atoms with van der Waals surface area (Å²) in [6.07, 6.45) is 2.71.